The van der Waals surface area contributed by atoms with Crippen molar-refractivity contribution in [3.05, 3.63) is 47.8 Å². The van der Waals surface area contributed by atoms with Gasteiger partial charge in [0.25, 0.3) is 0 Å². The van der Waals surface area contributed by atoms with Gasteiger partial charge in [-0.05, 0) is 30.7 Å². The van der Waals surface area contributed by atoms with Crippen molar-refractivity contribution in [2.45, 2.75) is 19.9 Å². The molecular weight excluding hydrogens is 266 g/mol. The number of aryl methyl sites for hydroxylation is 1. The molecule has 2 aromatic rings. The van der Waals surface area contributed by atoms with Crippen LogP contribution in [-0.4, -0.2) is 27.4 Å². The highest BCUT2D eigenvalue weighted by Gasteiger charge is 2.05. The zero-order valence-corrected chi connectivity index (χ0v) is 11.8. The zero-order chi connectivity index (χ0) is 15.1. The lowest BCUT2D eigenvalue weighted by Crippen LogP contribution is -2.19. The van der Waals surface area contributed by atoms with Crippen LogP contribution in [0.15, 0.2) is 36.7 Å². The summed E-state index contributed by atoms with van der Waals surface area (Å²) in [7, 11) is 0. The van der Waals surface area contributed by atoms with Gasteiger partial charge in [0.15, 0.2) is 0 Å². The van der Waals surface area contributed by atoms with Gasteiger partial charge in [0.05, 0.1) is 6.61 Å². The molecule has 1 aromatic carbocycles. The maximum atomic E-state index is 11.9. The molecule has 0 atom stereocenters. The quantitative estimate of drug-likeness (QED) is 0.837. The summed E-state index contributed by atoms with van der Waals surface area (Å²) in [6, 6.07) is 7.36. The van der Waals surface area contributed by atoms with E-state index in [2.05, 4.69) is 22.3 Å². The Labute approximate surface area is 123 Å². The number of aromatic nitrogens is 2. The van der Waals surface area contributed by atoms with Gasteiger partial charge in [0, 0.05) is 30.1 Å². The summed E-state index contributed by atoms with van der Waals surface area (Å²) in [4.78, 5) is 11.9. The van der Waals surface area contributed by atoms with Crippen molar-refractivity contribution in [2.75, 3.05) is 11.9 Å². The summed E-state index contributed by atoms with van der Waals surface area (Å²) in [5.41, 5.74) is 2.58. The van der Waals surface area contributed by atoms with E-state index in [1.807, 2.05) is 25.1 Å². The van der Waals surface area contributed by atoms with Crippen molar-refractivity contribution in [2.24, 2.45) is 0 Å². The minimum Gasteiger partial charge on any atom is -0.395 e. The number of aliphatic hydroxyl groups is 1. The van der Waals surface area contributed by atoms with Gasteiger partial charge in [-0.1, -0.05) is 17.9 Å². The number of hydrogen-bond donors (Lipinski definition) is 2. The van der Waals surface area contributed by atoms with Crippen molar-refractivity contribution in [1.82, 2.24) is 9.78 Å². The molecule has 1 aromatic heterocycles. The van der Waals surface area contributed by atoms with Gasteiger partial charge in [0.1, 0.15) is 6.54 Å². The molecule has 1 heterocycles. The summed E-state index contributed by atoms with van der Waals surface area (Å²) in [5, 5.41) is 15.6. The molecule has 5 heteroatoms. The Balaban J connectivity index is 2.05. The van der Waals surface area contributed by atoms with Crippen molar-refractivity contribution in [1.29, 1.82) is 0 Å². The van der Waals surface area contributed by atoms with Crippen LogP contribution < -0.4 is 5.32 Å². The van der Waals surface area contributed by atoms with Gasteiger partial charge < -0.3 is 10.4 Å². The van der Waals surface area contributed by atoms with E-state index >= 15 is 0 Å². The Morgan fingerprint density at radius 1 is 1.48 bits per heavy atom. The molecule has 5 nitrogen and oxygen atoms in total. The molecule has 0 saturated carbocycles. The van der Waals surface area contributed by atoms with E-state index in [9.17, 15) is 4.79 Å². The summed E-state index contributed by atoms with van der Waals surface area (Å²) < 4.78 is 1.56. The summed E-state index contributed by atoms with van der Waals surface area (Å²) >= 11 is 0. The van der Waals surface area contributed by atoms with E-state index in [1.54, 1.807) is 23.1 Å². The first-order valence-electron chi connectivity index (χ1n) is 6.66. The SMILES string of the molecule is Cc1ccc(NC(=O)Cn2cccn2)cc1C#CCCO. The number of hydrogen-bond acceptors (Lipinski definition) is 3. The van der Waals surface area contributed by atoms with Crippen molar-refractivity contribution in [3.63, 3.8) is 0 Å². The number of amides is 1. The lowest BCUT2D eigenvalue weighted by Gasteiger charge is -2.07. The molecule has 2 rings (SSSR count). The summed E-state index contributed by atoms with van der Waals surface area (Å²) in [6.07, 6.45) is 3.81. The molecule has 0 radical (unpaired) electrons. The maximum Gasteiger partial charge on any atom is 0.246 e. The molecule has 0 aliphatic carbocycles. The third kappa shape index (κ3) is 4.48. The van der Waals surface area contributed by atoms with Crippen molar-refractivity contribution < 1.29 is 9.90 Å². The predicted molar refractivity (Wildman–Crippen MR) is 80.6 cm³/mol. The molecule has 0 unspecified atom stereocenters. The molecule has 0 spiro atoms. The third-order valence-electron chi connectivity index (χ3n) is 2.85. The molecular formula is C16H17N3O2. The summed E-state index contributed by atoms with van der Waals surface area (Å²) in [5.74, 6) is 5.73. The van der Waals surface area contributed by atoms with Crippen LogP contribution in [0.1, 0.15) is 17.5 Å². The van der Waals surface area contributed by atoms with Crippen LogP contribution in [0.2, 0.25) is 0 Å². The van der Waals surface area contributed by atoms with E-state index in [0.29, 0.717) is 12.1 Å². The number of benzene rings is 1. The lowest BCUT2D eigenvalue weighted by molar-refractivity contribution is -0.116. The molecule has 0 fully saturated rings. The first-order valence-corrected chi connectivity index (χ1v) is 6.66. The van der Waals surface area contributed by atoms with Crippen LogP contribution in [0.5, 0.6) is 0 Å². The summed E-state index contributed by atoms with van der Waals surface area (Å²) in [6.45, 7) is 2.18. The van der Waals surface area contributed by atoms with Crippen LogP contribution in [-0.2, 0) is 11.3 Å². The van der Waals surface area contributed by atoms with E-state index in [-0.39, 0.29) is 19.1 Å². The minimum atomic E-state index is -0.142. The fourth-order valence-electron chi connectivity index (χ4n) is 1.79. The number of carbonyl (C=O) groups is 1. The van der Waals surface area contributed by atoms with Gasteiger partial charge in [0.2, 0.25) is 5.91 Å². The molecule has 0 aliphatic heterocycles. The van der Waals surface area contributed by atoms with Crippen LogP contribution in [0.4, 0.5) is 5.69 Å². The third-order valence-corrected chi connectivity index (χ3v) is 2.85. The van der Waals surface area contributed by atoms with Gasteiger partial charge >= 0.3 is 0 Å². The Bertz CT molecular complexity index is 667. The largest absolute Gasteiger partial charge is 0.395 e. The molecule has 0 bridgehead atoms. The van der Waals surface area contributed by atoms with Crippen LogP contribution in [0, 0.1) is 18.8 Å². The molecule has 1 amide bonds. The van der Waals surface area contributed by atoms with Crippen LogP contribution in [0.3, 0.4) is 0 Å². The first-order chi connectivity index (χ1) is 10.2. The number of nitrogens with zero attached hydrogens (tertiary/aromatic N) is 2. The Morgan fingerprint density at radius 2 is 2.33 bits per heavy atom. The number of carbonyl (C=O) groups excluding carboxylic acids is 1. The predicted octanol–water partition coefficient (Wildman–Crippen LogP) is 1.56. The Hall–Kier alpha value is -2.58. The van der Waals surface area contributed by atoms with Crippen LogP contribution >= 0.6 is 0 Å². The van der Waals surface area contributed by atoms with Crippen molar-refractivity contribution in [3.8, 4) is 11.8 Å². The monoisotopic (exact) mass is 283 g/mol. The topological polar surface area (TPSA) is 67.2 Å². The Morgan fingerprint density at radius 3 is 3.05 bits per heavy atom. The second-order valence-corrected chi connectivity index (χ2v) is 4.56. The van der Waals surface area contributed by atoms with Gasteiger partial charge in [-0.3, -0.25) is 9.48 Å². The number of nitrogens with one attached hydrogen (secondary N) is 1. The number of rotatable bonds is 4. The normalized spacial score (nSPS) is 9.81. The second-order valence-electron chi connectivity index (χ2n) is 4.56. The zero-order valence-electron chi connectivity index (χ0n) is 11.8. The number of anilines is 1. The van der Waals surface area contributed by atoms with Gasteiger partial charge in [-0.15, -0.1) is 0 Å². The highest BCUT2D eigenvalue weighted by molar-refractivity contribution is 5.90. The fraction of sp³-hybridized carbons (Fsp3) is 0.250. The van der Waals surface area contributed by atoms with Gasteiger partial charge in [-0.25, -0.2) is 0 Å². The van der Waals surface area contributed by atoms with Crippen LogP contribution in [0.25, 0.3) is 0 Å². The average Bonchev–Trinajstić information content (AvgIpc) is 2.95. The number of aliphatic hydroxyl groups excluding tert-OH is 1. The van der Waals surface area contributed by atoms with E-state index in [1.165, 1.54) is 0 Å². The first kappa shape index (κ1) is 14.8. The standard InChI is InChI=1S/C16H17N3O2/c1-13-6-7-15(11-14(13)5-2-3-10-20)18-16(21)12-19-9-4-8-17-19/h4,6-9,11,20H,3,10,12H2,1H3,(H,18,21). The van der Waals surface area contributed by atoms with Gasteiger partial charge in [-0.2, -0.15) is 5.10 Å². The molecule has 108 valence electrons. The van der Waals surface area contributed by atoms with Crippen molar-refractivity contribution >= 4 is 11.6 Å². The molecule has 0 aliphatic rings. The lowest BCUT2D eigenvalue weighted by atomic mass is 10.1. The second kappa shape index (κ2) is 7.27. The maximum absolute atomic E-state index is 11.9. The smallest absolute Gasteiger partial charge is 0.246 e. The highest BCUT2D eigenvalue weighted by Crippen LogP contribution is 2.14. The average molecular weight is 283 g/mol. The molecule has 2 N–H and O–H groups in total. The van der Waals surface area contributed by atoms with E-state index in [0.717, 1.165) is 11.1 Å². The molecule has 21 heavy (non-hydrogen) atoms. The highest BCUT2D eigenvalue weighted by atomic mass is 16.2. The van der Waals surface area contributed by atoms with E-state index < -0.39 is 0 Å². The fourth-order valence-corrected chi connectivity index (χ4v) is 1.79. The van der Waals surface area contributed by atoms with E-state index in [4.69, 9.17) is 5.11 Å². The Kier molecular flexibility index (Phi) is 5.13. The minimum absolute atomic E-state index is 0.0480. The molecule has 0 saturated heterocycles.